The van der Waals surface area contributed by atoms with Crippen molar-refractivity contribution in [2.75, 3.05) is 4.90 Å². The number of thioether (sulfide) groups is 1. The van der Waals surface area contributed by atoms with Crippen LogP contribution >= 0.6 is 46.6 Å². The Bertz CT molecular complexity index is 864. The maximum atomic E-state index is 12.6. The van der Waals surface area contributed by atoms with E-state index in [1.807, 2.05) is 24.3 Å². The van der Waals surface area contributed by atoms with Crippen LogP contribution in [-0.2, 0) is 4.79 Å². The van der Waals surface area contributed by atoms with Gasteiger partial charge in [0.15, 0.2) is 4.32 Å². The quantitative estimate of drug-likeness (QED) is 0.217. The Hall–Kier alpha value is -1.78. The monoisotopic (exact) mass is 468 g/mol. The molecule has 24 heavy (non-hydrogen) atoms. The van der Waals surface area contributed by atoms with E-state index in [-0.39, 0.29) is 11.6 Å². The number of hydrogen-bond acceptors (Lipinski definition) is 5. The van der Waals surface area contributed by atoms with Crippen molar-refractivity contribution in [2.45, 2.75) is 0 Å². The van der Waals surface area contributed by atoms with E-state index >= 15 is 0 Å². The van der Waals surface area contributed by atoms with E-state index in [0.717, 1.165) is 9.13 Å². The van der Waals surface area contributed by atoms with Gasteiger partial charge in [-0.05, 0) is 58.5 Å². The van der Waals surface area contributed by atoms with E-state index in [0.29, 0.717) is 14.9 Å². The highest BCUT2D eigenvalue weighted by atomic mass is 127. The number of thiocarbonyl (C=S) groups is 1. The molecule has 5 nitrogen and oxygen atoms in total. The minimum atomic E-state index is -0.481. The molecule has 120 valence electrons. The zero-order valence-corrected chi connectivity index (χ0v) is 15.8. The van der Waals surface area contributed by atoms with E-state index < -0.39 is 4.92 Å². The van der Waals surface area contributed by atoms with Crippen LogP contribution in [0.25, 0.3) is 6.08 Å². The minimum absolute atomic E-state index is 0.0291. The van der Waals surface area contributed by atoms with Crippen LogP contribution in [0.5, 0.6) is 0 Å². The number of nitrogens with zero attached hydrogens (tertiary/aromatic N) is 2. The molecule has 0 aromatic heterocycles. The molecular formula is C16H9IN2O3S2. The Balaban J connectivity index is 1.88. The van der Waals surface area contributed by atoms with Crippen LogP contribution in [0.1, 0.15) is 5.56 Å². The van der Waals surface area contributed by atoms with Gasteiger partial charge in [-0.2, -0.15) is 0 Å². The van der Waals surface area contributed by atoms with E-state index in [2.05, 4.69) is 22.6 Å². The number of carbonyl (C=O) groups is 1. The molecule has 2 aromatic carbocycles. The number of benzene rings is 2. The number of carbonyl (C=O) groups excluding carboxylic acids is 1. The fraction of sp³-hybridized carbons (Fsp3) is 0. The third-order valence-electron chi connectivity index (χ3n) is 3.28. The zero-order valence-electron chi connectivity index (χ0n) is 12.0. The largest absolute Gasteiger partial charge is 0.270 e. The summed E-state index contributed by atoms with van der Waals surface area (Å²) < 4.78 is 1.52. The first-order chi connectivity index (χ1) is 11.5. The number of anilines is 1. The van der Waals surface area contributed by atoms with E-state index in [4.69, 9.17) is 12.2 Å². The van der Waals surface area contributed by atoms with Gasteiger partial charge in [0.25, 0.3) is 11.6 Å². The summed E-state index contributed by atoms with van der Waals surface area (Å²) in [6.07, 6.45) is 1.79. The number of hydrogen-bond donors (Lipinski definition) is 0. The Kier molecular flexibility index (Phi) is 4.97. The topological polar surface area (TPSA) is 63.5 Å². The summed E-state index contributed by atoms with van der Waals surface area (Å²) in [4.78, 5) is 24.8. The molecule has 0 spiro atoms. The van der Waals surface area contributed by atoms with Crippen LogP contribution in [0, 0.1) is 13.7 Å². The lowest BCUT2D eigenvalue weighted by Gasteiger charge is -2.13. The summed E-state index contributed by atoms with van der Waals surface area (Å²) in [6.45, 7) is 0. The van der Waals surface area contributed by atoms with Gasteiger partial charge in [-0.25, -0.2) is 0 Å². The molecule has 2 aromatic rings. The molecule has 1 amide bonds. The highest BCUT2D eigenvalue weighted by Gasteiger charge is 2.33. The SMILES string of the molecule is O=C1/C(=C\c2ccc(I)cc2)SC(=S)N1c1ccc([N+](=O)[O-])cc1. The summed E-state index contributed by atoms with van der Waals surface area (Å²) in [7, 11) is 0. The number of non-ortho nitro benzene ring substituents is 1. The predicted molar refractivity (Wildman–Crippen MR) is 108 cm³/mol. The molecule has 0 unspecified atom stereocenters. The van der Waals surface area contributed by atoms with Crippen molar-refractivity contribution in [1.82, 2.24) is 0 Å². The molecule has 8 heteroatoms. The van der Waals surface area contributed by atoms with Crippen molar-refractivity contribution in [3.63, 3.8) is 0 Å². The van der Waals surface area contributed by atoms with Gasteiger partial charge in [0.1, 0.15) is 0 Å². The zero-order chi connectivity index (χ0) is 17.3. The van der Waals surface area contributed by atoms with Crippen molar-refractivity contribution in [3.8, 4) is 0 Å². The van der Waals surface area contributed by atoms with Crippen molar-refractivity contribution >= 4 is 74.2 Å². The van der Waals surface area contributed by atoms with Gasteiger partial charge in [0.2, 0.25) is 0 Å². The minimum Gasteiger partial charge on any atom is -0.268 e. The molecule has 0 aliphatic carbocycles. The van der Waals surface area contributed by atoms with E-state index in [9.17, 15) is 14.9 Å². The normalized spacial score (nSPS) is 16.0. The lowest BCUT2D eigenvalue weighted by atomic mass is 10.2. The average molecular weight is 468 g/mol. The smallest absolute Gasteiger partial charge is 0.268 e. The third-order valence-corrected chi connectivity index (χ3v) is 5.30. The number of rotatable bonds is 3. The standard InChI is InChI=1S/C16H9IN2O3S2/c17-11-3-1-10(2-4-11)9-14-15(20)18(16(23)24-14)12-5-7-13(8-6-12)19(21)22/h1-9H/b14-9+. The molecule has 1 saturated heterocycles. The lowest BCUT2D eigenvalue weighted by Crippen LogP contribution is -2.27. The lowest BCUT2D eigenvalue weighted by molar-refractivity contribution is -0.384. The molecule has 0 saturated carbocycles. The first kappa shape index (κ1) is 17.1. The summed E-state index contributed by atoms with van der Waals surface area (Å²) in [6, 6.07) is 13.5. The van der Waals surface area contributed by atoms with E-state index in [1.165, 1.54) is 40.9 Å². The van der Waals surface area contributed by atoms with Gasteiger partial charge in [0, 0.05) is 15.7 Å². The van der Waals surface area contributed by atoms with Crippen molar-refractivity contribution in [3.05, 3.63) is 72.7 Å². The van der Waals surface area contributed by atoms with Crippen LogP contribution in [0.15, 0.2) is 53.4 Å². The number of nitro groups is 1. The molecule has 0 bridgehead atoms. The molecule has 1 aliphatic heterocycles. The fourth-order valence-corrected chi connectivity index (χ4v) is 3.78. The molecule has 0 N–H and O–H groups in total. The Morgan fingerprint density at radius 2 is 1.75 bits per heavy atom. The third kappa shape index (κ3) is 3.50. The molecule has 3 rings (SSSR count). The van der Waals surface area contributed by atoms with Gasteiger partial charge in [-0.1, -0.05) is 36.1 Å². The van der Waals surface area contributed by atoms with Gasteiger partial charge < -0.3 is 0 Å². The van der Waals surface area contributed by atoms with Crippen LogP contribution in [0.4, 0.5) is 11.4 Å². The number of nitro benzene ring substituents is 1. The second-order valence-corrected chi connectivity index (χ2v) is 7.76. The summed E-state index contributed by atoms with van der Waals surface area (Å²) in [5.74, 6) is -0.225. The molecule has 1 fully saturated rings. The number of halogens is 1. The second-order valence-electron chi connectivity index (χ2n) is 4.84. The summed E-state index contributed by atoms with van der Waals surface area (Å²) in [5, 5.41) is 10.7. The maximum Gasteiger partial charge on any atom is 0.270 e. The molecule has 0 radical (unpaired) electrons. The number of amides is 1. The second kappa shape index (κ2) is 6.99. The first-order valence-electron chi connectivity index (χ1n) is 6.74. The summed E-state index contributed by atoms with van der Waals surface area (Å²) in [5.41, 5.74) is 1.41. The van der Waals surface area contributed by atoms with Crippen molar-refractivity contribution in [1.29, 1.82) is 0 Å². The van der Waals surface area contributed by atoms with Crippen LogP contribution in [0.3, 0.4) is 0 Å². The van der Waals surface area contributed by atoms with Gasteiger partial charge >= 0.3 is 0 Å². The summed E-state index contributed by atoms with van der Waals surface area (Å²) >= 11 is 8.73. The maximum absolute atomic E-state index is 12.6. The molecule has 1 aliphatic rings. The van der Waals surface area contributed by atoms with Crippen molar-refractivity contribution in [2.24, 2.45) is 0 Å². The van der Waals surface area contributed by atoms with Crippen LogP contribution in [0.2, 0.25) is 0 Å². The fourth-order valence-electron chi connectivity index (χ4n) is 2.12. The van der Waals surface area contributed by atoms with Crippen molar-refractivity contribution < 1.29 is 9.72 Å². The van der Waals surface area contributed by atoms with Gasteiger partial charge in [-0.3, -0.25) is 19.8 Å². The Labute approximate surface area is 161 Å². The first-order valence-corrected chi connectivity index (χ1v) is 9.04. The highest BCUT2D eigenvalue weighted by Crippen LogP contribution is 2.36. The average Bonchev–Trinajstić information content (AvgIpc) is 2.83. The van der Waals surface area contributed by atoms with Gasteiger partial charge in [0.05, 0.1) is 15.5 Å². The molecular weight excluding hydrogens is 459 g/mol. The van der Waals surface area contributed by atoms with Crippen LogP contribution in [-0.4, -0.2) is 15.2 Å². The Morgan fingerprint density at radius 1 is 1.12 bits per heavy atom. The van der Waals surface area contributed by atoms with Gasteiger partial charge in [-0.15, -0.1) is 0 Å². The predicted octanol–water partition coefficient (Wildman–Crippen LogP) is 4.61. The molecule has 0 atom stereocenters. The van der Waals surface area contributed by atoms with Crippen LogP contribution < -0.4 is 4.90 Å². The molecule has 1 heterocycles. The highest BCUT2D eigenvalue weighted by molar-refractivity contribution is 14.1. The van der Waals surface area contributed by atoms with E-state index in [1.54, 1.807) is 6.08 Å². The Morgan fingerprint density at radius 3 is 2.33 bits per heavy atom.